The van der Waals surface area contributed by atoms with Gasteiger partial charge < -0.3 is 15.5 Å². The third-order valence-corrected chi connectivity index (χ3v) is 4.01. The Morgan fingerprint density at radius 2 is 2.13 bits per heavy atom. The first-order valence-electron chi connectivity index (χ1n) is 8.77. The van der Waals surface area contributed by atoms with Gasteiger partial charge in [0.05, 0.1) is 12.7 Å². The van der Waals surface area contributed by atoms with Crippen LogP contribution in [0.5, 0.6) is 0 Å². The zero-order valence-electron chi connectivity index (χ0n) is 15.5. The lowest BCUT2D eigenvalue weighted by Crippen LogP contribution is -2.43. The van der Waals surface area contributed by atoms with E-state index in [2.05, 4.69) is 53.3 Å². The molecule has 0 spiro atoms. The summed E-state index contributed by atoms with van der Waals surface area (Å²) in [4.78, 5) is 6.76. The fourth-order valence-electron chi connectivity index (χ4n) is 2.54. The molecule has 0 radical (unpaired) electrons. The number of hydrogen-bond donors (Lipinski definition) is 2. The number of rotatable bonds is 10. The lowest BCUT2D eigenvalue weighted by atomic mass is 10.2. The van der Waals surface area contributed by atoms with Crippen LogP contribution in [0, 0.1) is 6.92 Å². The van der Waals surface area contributed by atoms with Gasteiger partial charge in [-0.2, -0.15) is 5.10 Å². The largest absolute Gasteiger partial charge is 0.355 e. The molecule has 0 aliphatic rings. The van der Waals surface area contributed by atoms with Crippen LogP contribution in [0.1, 0.15) is 39.2 Å². The molecule has 6 nitrogen and oxygen atoms in total. The molecule has 1 rings (SSSR count). The Hall–Kier alpha value is -1.56. The van der Waals surface area contributed by atoms with Gasteiger partial charge in [0.25, 0.3) is 0 Å². The summed E-state index contributed by atoms with van der Waals surface area (Å²) >= 11 is 0. The Balaban J connectivity index is 2.21. The van der Waals surface area contributed by atoms with E-state index in [1.807, 2.05) is 24.1 Å². The predicted octanol–water partition coefficient (Wildman–Crippen LogP) is 1.87. The van der Waals surface area contributed by atoms with Gasteiger partial charge in [-0.25, -0.2) is 0 Å². The van der Waals surface area contributed by atoms with E-state index < -0.39 is 0 Å². The minimum atomic E-state index is 0.420. The molecular weight excluding hydrogens is 288 g/mol. The Kier molecular flexibility index (Phi) is 9.36. The van der Waals surface area contributed by atoms with Gasteiger partial charge in [-0.15, -0.1) is 0 Å². The molecule has 0 aliphatic heterocycles. The minimum Gasteiger partial charge on any atom is -0.355 e. The highest BCUT2D eigenvalue weighted by Gasteiger charge is 2.06. The molecule has 0 aromatic carbocycles. The van der Waals surface area contributed by atoms with Gasteiger partial charge in [-0.1, -0.05) is 13.8 Å². The first-order valence-corrected chi connectivity index (χ1v) is 8.77. The second-order valence-electron chi connectivity index (χ2n) is 5.99. The number of guanidine groups is 1. The average Bonchev–Trinajstić information content (AvgIpc) is 2.96. The standard InChI is InChI=1S/C17H34N6/c1-6-22(7-2)11-8-9-16(4)21-17(18-5)19-10-12-23-14-15(3)13-20-23/h13-14,16H,6-12H2,1-5H3,(H2,18,19,21). The molecule has 2 N–H and O–H groups in total. The summed E-state index contributed by atoms with van der Waals surface area (Å²) in [5, 5.41) is 11.1. The SMILES string of the molecule is CCN(CC)CCCC(C)NC(=NC)NCCn1cc(C)cn1. The van der Waals surface area contributed by atoms with Gasteiger partial charge in [0.2, 0.25) is 0 Å². The van der Waals surface area contributed by atoms with E-state index in [-0.39, 0.29) is 0 Å². The Morgan fingerprint density at radius 1 is 1.39 bits per heavy atom. The smallest absolute Gasteiger partial charge is 0.191 e. The quantitative estimate of drug-likeness (QED) is 0.510. The molecule has 1 heterocycles. The van der Waals surface area contributed by atoms with Gasteiger partial charge in [0.15, 0.2) is 5.96 Å². The third-order valence-electron chi connectivity index (χ3n) is 4.01. The molecule has 1 atom stereocenters. The Labute approximate surface area is 141 Å². The molecule has 6 heteroatoms. The Morgan fingerprint density at radius 3 is 2.70 bits per heavy atom. The van der Waals surface area contributed by atoms with Crippen molar-refractivity contribution < 1.29 is 0 Å². The monoisotopic (exact) mass is 322 g/mol. The van der Waals surface area contributed by atoms with E-state index in [4.69, 9.17) is 0 Å². The van der Waals surface area contributed by atoms with Crippen LogP contribution in [0.4, 0.5) is 0 Å². The van der Waals surface area contributed by atoms with E-state index in [1.54, 1.807) is 0 Å². The molecule has 0 saturated heterocycles. The minimum absolute atomic E-state index is 0.420. The normalized spacial score (nSPS) is 13.4. The lowest BCUT2D eigenvalue weighted by molar-refractivity contribution is 0.292. The van der Waals surface area contributed by atoms with E-state index in [9.17, 15) is 0 Å². The second-order valence-corrected chi connectivity index (χ2v) is 5.99. The van der Waals surface area contributed by atoms with Crippen LogP contribution in [-0.4, -0.2) is 59.9 Å². The second kappa shape index (κ2) is 11.0. The third kappa shape index (κ3) is 8.02. The summed E-state index contributed by atoms with van der Waals surface area (Å²) in [6, 6.07) is 0.420. The summed E-state index contributed by atoms with van der Waals surface area (Å²) in [5.41, 5.74) is 1.19. The fraction of sp³-hybridized carbons (Fsp3) is 0.765. The molecule has 1 aromatic rings. The van der Waals surface area contributed by atoms with Crippen LogP contribution in [0.3, 0.4) is 0 Å². The highest BCUT2D eigenvalue weighted by Crippen LogP contribution is 1.99. The molecule has 0 bridgehead atoms. The van der Waals surface area contributed by atoms with Gasteiger partial charge in [-0.05, 0) is 51.9 Å². The number of aromatic nitrogens is 2. The van der Waals surface area contributed by atoms with Gasteiger partial charge >= 0.3 is 0 Å². The number of aryl methyl sites for hydroxylation is 1. The molecule has 0 aliphatic carbocycles. The van der Waals surface area contributed by atoms with Crippen LogP contribution < -0.4 is 10.6 Å². The van der Waals surface area contributed by atoms with Crippen LogP contribution in [0.25, 0.3) is 0 Å². The van der Waals surface area contributed by atoms with E-state index in [1.165, 1.54) is 18.5 Å². The maximum Gasteiger partial charge on any atom is 0.191 e. The van der Waals surface area contributed by atoms with Crippen molar-refractivity contribution in [2.45, 2.75) is 53.1 Å². The number of hydrogen-bond acceptors (Lipinski definition) is 3. The molecule has 0 amide bonds. The number of nitrogens with zero attached hydrogens (tertiary/aromatic N) is 4. The van der Waals surface area contributed by atoms with Crippen molar-refractivity contribution in [2.75, 3.05) is 33.2 Å². The first kappa shape index (κ1) is 19.5. The van der Waals surface area contributed by atoms with E-state index in [0.717, 1.165) is 38.6 Å². The highest BCUT2D eigenvalue weighted by atomic mass is 15.3. The molecular formula is C17H34N6. The van der Waals surface area contributed by atoms with Crippen molar-refractivity contribution in [3.63, 3.8) is 0 Å². The highest BCUT2D eigenvalue weighted by molar-refractivity contribution is 5.79. The van der Waals surface area contributed by atoms with Crippen LogP contribution in [0.15, 0.2) is 17.4 Å². The average molecular weight is 323 g/mol. The van der Waals surface area contributed by atoms with E-state index in [0.29, 0.717) is 6.04 Å². The van der Waals surface area contributed by atoms with Crippen molar-refractivity contribution in [3.05, 3.63) is 18.0 Å². The molecule has 1 unspecified atom stereocenters. The molecule has 23 heavy (non-hydrogen) atoms. The molecule has 132 valence electrons. The van der Waals surface area contributed by atoms with Crippen molar-refractivity contribution in [1.29, 1.82) is 0 Å². The number of nitrogens with one attached hydrogen (secondary N) is 2. The summed E-state index contributed by atoms with van der Waals surface area (Å²) in [6.07, 6.45) is 6.29. The van der Waals surface area contributed by atoms with E-state index >= 15 is 0 Å². The topological polar surface area (TPSA) is 57.5 Å². The molecule has 1 aromatic heterocycles. The van der Waals surface area contributed by atoms with Crippen LogP contribution in [0.2, 0.25) is 0 Å². The number of aliphatic imine (C=N–C) groups is 1. The maximum absolute atomic E-state index is 4.29. The first-order chi connectivity index (χ1) is 11.1. The van der Waals surface area contributed by atoms with Gasteiger partial charge in [0.1, 0.15) is 0 Å². The fourth-order valence-corrected chi connectivity index (χ4v) is 2.54. The van der Waals surface area contributed by atoms with Crippen molar-refractivity contribution in [2.24, 2.45) is 4.99 Å². The molecule has 0 fully saturated rings. The van der Waals surface area contributed by atoms with Crippen molar-refractivity contribution in [1.82, 2.24) is 25.3 Å². The maximum atomic E-state index is 4.29. The zero-order chi connectivity index (χ0) is 17.1. The summed E-state index contributed by atoms with van der Waals surface area (Å²) in [6.45, 7) is 13.8. The lowest BCUT2D eigenvalue weighted by Gasteiger charge is -2.21. The van der Waals surface area contributed by atoms with Gasteiger partial charge in [-0.3, -0.25) is 9.67 Å². The summed E-state index contributed by atoms with van der Waals surface area (Å²) in [5.74, 6) is 0.865. The summed E-state index contributed by atoms with van der Waals surface area (Å²) in [7, 11) is 1.82. The van der Waals surface area contributed by atoms with Gasteiger partial charge in [0, 0.05) is 25.8 Å². The Bertz CT molecular complexity index is 450. The van der Waals surface area contributed by atoms with Crippen molar-refractivity contribution in [3.8, 4) is 0 Å². The van der Waals surface area contributed by atoms with Crippen LogP contribution in [-0.2, 0) is 6.54 Å². The zero-order valence-corrected chi connectivity index (χ0v) is 15.5. The predicted molar refractivity (Wildman–Crippen MR) is 97.9 cm³/mol. The molecule has 0 saturated carbocycles. The summed E-state index contributed by atoms with van der Waals surface area (Å²) < 4.78 is 1.95. The van der Waals surface area contributed by atoms with Crippen molar-refractivity contribution >= 4 is 5.96 Å². The van der Waals surface area contributed by atoms with Crippen LogP contribution >= 0.6 is 0 Å².